The quantitative estimate of drug-likeness (QED) is 0.901. The number of aromatic nitrogens is 2. The second-order valence-corrected chi connectivity index (χ2v) is 4.67. The molecule has 0 saturated heterocycles. The van der Waals surface area contributed by atoms with Crippen molar-refractivity contribution in [1.82, 2.24) is 15.5 Å². The van der Waals surface area contributed by atoms with Gasteiger partial charge in [0, 0.05) is 26.6 Å². The Hall–Kier alpha value is -1.72. The molecule has 2 heterocycles. The van der Waals surface area contributed by atoms with Crippen molar-refractivity contribution < 1.29 is 9.26 Å². The van der Waals surface area contributed by atoms with Crippen LogP contribution in [0.5, 0.6) is 0 Å². The summed E-state index contributed by atoms with van der Waals surface area (Å²) in [7, 11) is 1.67. The maximum atomic E-state index is 5.40. The Labute approximate surface area is 112 Å². The van der Waals surface area contributed by atoms with Crippen LogP contribution >= 0.6 is 0 Å². The van der Waals surface area contributed by atoms with E-state index in [2.05, 4.69) is 39.7 Å². The smallest absolute Gasteiger partial charge is 0.235 e. The molecule has 0 amide bonds. The lowest BCUT2D eigenvalue weighted by atomic mass is 9.91. The summed E-state index contributed by atoms with van der Waals surface area (Å²) in [5.74, 6) is 1.54. The fourth-order valence-electron chi connectivity index (χ4n) is 2.42. The van der Waals surface area contributed by atoms with E-state index in [1.807, 2.05) is 0 Å². The first-order valence-electron chi connectivity index (χ1n) is 6.48. The van der Waals surface area contributed by atoms with E-state index in [9.17, 15) is 0 Å². The van der Waals surface area contributed by atoms with Crippen molar-refractivity contribution >= 4 is 0 Å². The first kappa shape index (κ1) is 12.3. The molecule has 1 aliphatic heterocycles. The molecule has 1 unspecified atom stereocenters. The van der Waals surface area contributed by atoms with Gasteiger partial charge in [0.2, 0.25) is 5.89 Å². The minimum atomic E-state index is 0.147. The Morgan fingerprint density at radius 3 is 3.21 bits per heavy atom. The van der Waals surface area contributed by atoms with Crippen molar-refractivity contribution in [2.45, 2.75) is 18.9 Å². The number of fused-ring (bicyclic) bond motifs is 1. The van der Waals surface area contributed by atoms with Crippen molar-refractivity contribution in [3.63, 3.8) is 0 Å². The molecule has 0 aliphatic carbocycles. The molecule has 1 N–H and O–H groups in total. The van der Waals surface area contributed by atoms with Crippen molar-refractivity contribution in [2.75, 3.05) is 20.3 Å². The lowest BCUT2D eigenvalue weighted by molar-refractivity contribution is 0.199. The minimum absolute atomic E-state index is 0.147. The van der Waals surface area contributed by atoms with Gasteiger partial charge in [-0.15, -0.1) is 0 Å². The summed E-state index contributed by atoms with van der Waals surface area (Å²) in [5.41, 5.74) is 2.58. The predicted octanol–water partition coefficient (Wildman–Crippen LogP) is 1.49. The van der Waals surface area contributed by atoms with Crippen LogP contribution in [-0.4, -0.2) is 30.4 Å². The standard InChI is InChI=1S/C14H17N3O2/c1-18-7-6-13-16-14(19-17-13)12-9-15-8-10-4-2-3-5-11(10)12/h2-5,12,15H,6-9H2,1H3. The topological polar surface area (TPSA) is 60.2 Å². The van der Waals surface area contributed by atoms with Crippen LogP contribution in [0.1, 0.15) is 28.8 Å². The van der Waals surface area contributed by atoms with Crippen molar-refractivity contribution in [3.8, 4) is 0 Å². The highest BCUT2D eigenvalue weighted by Crippen LogP contribution is 2.28. The van der Waals surface area contributed by atoms with Crippen LogP contribution in [0.25, 0.3) is 0 Å². The molecule has 19 heavy (non-hydrogen) atoms. The summed E-state index contributed by atoms with van der Waals surface area (Å²) in [6.45, 7) is 2.35. The molecule has 0 spiro atoms. The number of hydrogen-bond donors (Lipinski definition) is 1. The van der Waals surface area contributed by atoms with E-state index in [0.29, 0.717) is 24.7 Å². The predicted molar refractivity (Wildman–Crippen MR) is 69.9 cm³/mol. The van der Waals surface area contributed by atoms with Crippen molar-refractivity contribution in [1.29, 1.82) is 0 Å². The third-order valence-electron chi connectivity index (χ3n) is 3.41. The second kappa shape index (κ2) is 5.50. The third kappa shape index (κ3) is 2.52. The average molecular weight is 259 g/mol. The molecule has 1 atom stereocenters. The van der Waals surface area contributed by atoms with Crippen LogP contribution < -0.4 is 5.32 Å². The molecule has 100 valence electrons. The zero-order valence-corrected chi connectivity index (χ0v) is 10.9. The van der Waals surface area contributed by atoms with Gasteiger partial charge in [-0.05, 0) is 11.1 Å². The molecular formula is C14H17N3O2. The molecule has 5 nitrogen and oxygen atoms in total. The fourth-order valence-corrected chi connectivity index (χ4v) is 2.42. The van der Waals surface area contributed by atoms with Gasteiger partial charge >= 0.3 is 0 Å². The molecule has 3 rings (SSSR count). The van der Waals surface area contributed by atoms with E-state index in [-0.39, 0.29) is 5.92 Å². The van der Waals surface area contributed by atoms with Crippen molar-refractivity contribution in [2.24, 2.45) is 0 Å². The first-order chi connectivity index (χ1) is 9.38. The van der Waals surface area contributed by atoms with Gasteiger partial charge in [0.15, 0.2) is 5.82 Å². The van der Waals surface area contributed by atoms with Gasteiger partial charge < -0.3 is 14.6 Å². The molecule has 1 aliphatic rings. The number of methoxy groups -OCH3 is 1. The van der Waals surface area contributed by atoms with E-state index >= 15 is 0 Å². The number of rotatable bonds is 4. The maximum absolute atomic E-state index is 5.40. The van der Waals surface area contributed by atoms with Gasteiger partial charge in [0.05, 0.1) is 12.5 Å². The molecule has 0 saturated carbocycles. The summed E-state index contributed by atoms with van der Waals surface area (Å²) < 4.78 is 10.4. The maximum Gasteiger partial charge on any atom is 0.235 e. The molecular weight excluding hydrogens is 242 g/mol. The van der Waals surface area contributed by atoms with E-state index in [0.717, 1.165) is 13.1 Å². The SMILES string of the molecule is COCCc1noc(C2CNCc3ccccc32)n1. The van der Waals surface area contributed by atoms with Crippen LogP contribution in [0.15, 0.2) is 28.8 Å². The zero-order chi connectivity index (χ0) is 13.1. The van der Waals surface area contributed by atoms with E-state index in [1.165, 1.54) is 11.1 Å². The lowest BCUT2D eigenvalue weighted by Gasteiger charge is -2.23. The molecule has 1 aromatic carbocycles. The minimum Gasteiger partial charge on any atom is -0.384 e. The highest BCUT2D eigenvalue weighted by molar-refractivity contribution is 5.35. The normalized spacial score (nSPS) is 18.3. The summed E-state index contributed by atoms with van der Waals surface area (Å²) in [5, 5.41) is 7.40. The third-order valence-corrected chi connectivity index (χ3v) is 3.41. The highest BCUT2D eigenvalue weighted by atomic mass is 16.5. The Kier molecular flexibility index (Phi) is 3.57. The Morgan fingerprint density at radius 1 is 1.42 bits per heavy atom. The van der Waals surface area contributed by atoms with Crippen LogP contribution in [-0.2, 0) is 17.7 Å². The molecule has 0 bridgehead atoms. The van der Waals surface area contributed by atoms with E-state index in [1.54, 1.807) is 7.11 Å². The van der Waals surface area contributed by atoms with Crippen LogP contribution in [0.2, 0.25) is 0 Å². The van der Waals surface area contributed by atoms with Crippen LogP contribution in [0.4, 0.5) is 0 Å². The monoisotopic (exact) mass is 259 g/mol. The molecule has 5 heteroatoms. The van der Waals surface area contributed by atoms with Gasteiger partial charge in [-0.25, -0.2) is 0 Å². The van der Waals surface area contributed by atoms with Gasteiger partial charge in [0.25, 0.3) is 0 Å². The van der Waals surface area contributed by atoms with Crippen molar-refractivity contribution in [3.05, 3.63) is 47.1 Å². The van der Waals surface area contributed by atoms with Gasteiger partial charge in [0.1, 0.15) is 0 Å². The number of ether oxygens (including phenoxy) is 1. The summed E-state index contributed by atoms with van der Waals surface area (Å²) in [6, 6.07) is 8.39. The number of hydrogen-bond acceptors (Lipinski definition) is 5. The molecule has 0 radical (unpaired) electrons. The second-order valence-electron chi connectivity index (χ2n) is 4.67. The van der Waals surface area contributed by atoms with Gasteiger partial charge in [-0.1, -0.05) is 29.4 Å². The molecule has 0 fully saturated rings. The Bertz CT molecular complexity index is 553. The Balaban J connectivity index is 1.85. The van der Waals surface area contributed by atoms with Gasteiger partial charge in [-0.3, -0.25) is 0 Å². The van der Waals surface area contributed by atoms with E-state index < -0.39 is 0 Å². The molecule has 2 aromatic rings. The first-order valence-corrected chi connectivity index (χ1v) is 6.48. The number of benzene rings is 1. The average Bonchev–Trinajstić information content (AvgIpc) is 2.93. The van der Waals surface area contributed by atoms with E-state index in [4.69, 9.17) is 9.26 Å². The lowest BCUT2D eigenvalue weighted by Crippen LogP contribution is -2.28. The van der Waals surface area contributed by atoms with Crippen LogP contribution in [0.3, 0.4) is 0 Å². The zero-order valence-electron chi connectivity index (χ0n) is 10.9. The molecule has 1 aromatic heterocycles. The van der Waals surface area contributed by atoms with Crippen LogP contribution in [0, 0.1) is 0 Å². The van der Waals surface area contributed by atoms with Gasteiger partial charge in [-0.2, -0.15) is 4.98 Å². The largest absolute Gasteiger partial charge is 0.384 e. The summed E-state index contributed by atoms with van der Waals surface area (Å²) in [6.07, 6.45) is 0.682. The Morgan fingerprint density at radius 2 is 2.32 bits per heavy atom. The fraction of sp³-hybridized carbons (Fsp3) is 0.429. The number of nitrogens with zero attached hydrogens (tertiary/aromatic N) is 2. The summed E-state index contributed by atoms with van der Waals surface area (Å²) in [4.78, 5) is 4.47. The summed E-state index contributed by atoms with van der Waals surface area (Å²) >= 11 is 0. The highest BCUT2D eigenvalue weighted by Gasteiger charge is 2.26. The number of nitrogens with one attached hydrogen (secondary N) is 1.